The van der Waals surface area contributed by atoms with Crippen LogP contribution >= 0.6 is 0 Å². The smallest absolute Gasteiger partial charge is 0.0814 e. The lowest BCUT2D eigenvalue weighted by atomic mass is 9.78. The Hall–Kier alpha value is -0.863. The fraction of sp³-hybridized carbons (Fsp3) is 0.652. The summed E-state index contributed by atoms with van der Waals surface area (Å²) in [6, 6.07) is 13.4. The van der Waals surface area contributed by atoms with Gasteiger partial charge >= 0.3 is 0 Å². The minimum atomic E-state index is 0.828. The maximum atomic E-state index is 2.84. The first kappa shape index (κ1) is 17.5. The number of fused-ring (bicyclic) bond motifs is 1. The Morgan fingerprint density at radius 1 is 0.920 bits per heavy atom. The van der Waals surface area contributed by atoms with E-state index >= 15 is 0 Å². The first-order chi connectivity index (χ1) is 12.4. The molecule has 0 amide bonds. The molecule has 1 saturated carbocycles. The van der Waals surface area contributed by atoms with Crippen LogP contribution in [0.5, 0.6) is 0 Å². The summed E-state index contributed by atoms with van der Waals surface area (Å²) in [6.07, 6.45) is 15.7. The van der Waals surface area contributed by atoms with E-state index in [1.165, 1.54) is 76.9 Å². The molecule has 134 valence electrons. The lowest BCUT2D eigenvalue weighted by Gasteiger charge is -2.46. The molecule has 1 nitrogen and oxygen atoms in total. The maximum absolute atomic E-state index is 2.84. The van der Waals surface area contributed by atoms with E-state index in [-0.39, 0.29) is 0 Å². The van der Waals surface area contributed by atoms with Gasteiger partial charge in [-0.05, 0) is 56.5 Å². The van der Waals surface area contributed by atoms with Crippen LogP contribution in [0.1, 0.15) is 57.8 Å². The first-order valence-electron chi connectivity index (χ1n) is 10.6. The molecule has 2 aliphatic heterocycles. The number of hydrogen-bond acceptors (Lipinski definition) is 1. The molecular weight excluding hydrogens is 318 g/mol. The number of allylic oxidation sites excluding steroid dienone is 1. The van der Waals surface area contributed by atoms with Gasteiger partial charge in [0, 0.05) is 12.6 Å². The second-order valence-corrected chi connectivity index (χ2v) is 9.68. The molecule has 2 radical (unpaired) electrons. The van der Waals surface area contributed by atoms with Gasteiger partial charge in [0.15, 0.2) is 0 Å². The van der Waals surface area contributed by atoms with Gasteiger partial charge in [-0.25, -0.2) is 0 Å². The van der Waals surface area contributed by atoms with Crippen LogP contribution in [-0.2, 0) is 0 Å². The Balaban J connectivity index is 1.50. The fourth-order valence-corrected chi connectivity index (χ4v) is 6.73. The van der Waals surface area contributed by atoms with Gasteiger partial charge in [-0.15, -0.1) is 0 Å². The van der Waals surface area contributed by atoms with Crippen molar-refractivity contribution >= 4 is 14.7 Å². The van der Waals surface area contributed by atoms with Crippen LogP contribution in [-0.4, -0.2) is 33.6 Å². The summed E-state index contributed by atoms with van der Waals surface area (Å²) >= 11 is 0. The molecule has 1 aromatic carbocycles. The van der Waals surface area contributed by atoms with Crippen molar-refractivity contribution in [3.8, 4) is 0 Å². The lowest BCUT2D eigenvalue weighted by Crippen LogP contribution is -2.49. The van der Waals surface area contributed by atoms with Gasteiger partial charge in [0.05, 0.1) is 9.52 Å². The highest BCUT2D eigenvalue weighted by Crippen LogP contribution is 2.38. The quantitative estimate of drug-likeness (QED) is 0.555. The van der Waals surface area contributed by atoms with Crippen molar-refractivity contribution in [1.29, 1.82) is 0 Å². The molecule has 4 rings (SSSR count). The van der Waals surface area contributed by atoms with Crippen LogP contribution in [0.4, 0.5) is 0 Å². The third-order valence-electron chi connectivity index (χ3n) is 6.69. The zero-order valence-corrected chi connectivity index (χ0v) is 16.6. The summed E-state index contributed by atoms with van der Waals surface area (Å²) in [5.74, 6) is 1.72. The molecule has 1 aromatic rings. The molecule has 2 heteroatoms. The molecule has 25 heavy (non-hydrogen) atoms. The SMILES string of the molecule is C(=C1/CCN2CCCC[C@@H]2[C@H]1C[Si]c1ccccc1)/C1CCCCC1. The standard InChI is InChI=1S/C23H33NSi/c1-3-9-19(10-4-1)17-20-14-16-24-15-8-7-13-23(24)22(20)18-25-21-11-5-2-6-12-21/h2,5-6,11-12,17,19,22-23H,1,3-4,7-10,13-16,18H2/b20-17+/t22-,23+/m0/s1. The molecule has 2 atom stereocenters. The van der Waals surface area contributed by atoms with Gasteiger partial charge in [0.25, 0.3) is 0 Å². The minimum Gasteiger partial charge on any atom is -0.299 e. The predicted octanol–water partition coefficient (Wildman–Crippen LogP) is 4.82. The second-order valence-electron chi connectivity index (χ2n) is 8.34. The summed E-state index contributed by atoms with van der Waals surface area (Å²) in [6.45, 7) is 2.68. The highest BCUT2D eigenvalue weighted by molar-refractivity contribution is 6.53. The highest BCUT2D eigenvalue weighted by atomic mass is 28.2. The third kappa shape index (κ3) is 4.46. The molecule has 2 heterocycles. The van der Waals surface area contributed by atoms with E-state index in [1.807, 2.05) is 5.57 Å². The molecule has 0 aromatic heterocycles. The van der Waals surface area contributed by atoms with E-state index in [1.54, 1.807) is 5.19 Å². The van der Waals surface area contributed by atoms with Gasteiger partial charge in [0.2, 0.25) is 0 Å². The van der Waals surface area contributed by atoms with E-state index in [0.29, 0.717) is 0 Å². The first-order valence-corrected chi connectivity index (χ1v) is 11.8. The lowest BCUT2D eigenvalue weighted by molar-refractivity contribution is 0.0947. The molecule has 3 aliphatic rings. The number of piperidine rings is 2. The van der Waals surface area contributed by atoms with Crippen molar-refractivity contribution in [2.45, 2.75) is 69.9 Å². The summed E-state index contributed by atoms with van der Waals surface area (Å²) in [5.41, 5.74) is 1.85. The van der Waals surface area contributed by atoms with E-state index < -0.39 is 0 Å². The average molecular weight is 352 g/mol. The third-order valence-corrected chi connectivity index (χ3v) is 8.08. The summed E-state index contributed by atoms with van der Waals surface area (Å²) in [5, 5.41) is 1.55. The number of nitrogens with zero attached hydrogens (tertiary/aromatic N) is 1. The molecule has 0 unspecified atom stereocenters. The summed E-state index contributed by atoms with van der Waals surface area (Å²) in [7, 11) is 0.970. The molecule has 1 aliphatic carbocycles. The van der Waals surface area contributed by atoms with Gasteiger partial charge < -0.3 is 0 Å². The van der Waals surface area contributed by atoms with E-state index in [9.17, 15) is 0 Å². The van der Waals surface area contributed by atoms with Gasteiger partial charge in [0.1, 0.15) is 0 Å². The zero-order valence-electron chi connectivity index (χ0n) is 15.6. The van der Waals surface area contributed by atoms with Crippen LogP contribution in [0.3, 0.4) is 0 Å². The van der Waals surface area contributed by atoms with Crippen molar-refractivity contribution in [3.63, 3.8) is 0 Å². The maximum Gasteiger partial charge on any atom is 0.0814 e. The van der Waals surface area contributed by atoms with Crippen LogP contribution in [0.2, 0.25) is 6.04 Å². The van der Waals surface area contributed by atoms with Crippen LogP contribution in [0.25, 0.3) is 0 Å². The minimum absolute atomic E-state index is 0.828. The van der Waals surface area contributed by atoms with Crippen molar-refractivity contribution in [2.75, 3.05) is 13.1 Å². The van der Waals surface area contributed by atoms with Crippen molar-refractivity contribution in [3.05, 3.63) is 42.0 Å². The van der Waals surface area contributed by atoms with Crippen molar-refractivity contribution in [2.24, 2.45) is 11.8 Å². The molecule has 0 spiro atoms. The molecule has 2 saturated heterocycles. The average Bonchev–Trinajstić information content (AvgIpc) is 2.68. The summed E-state index contributed by atoms with van der Waals surface area (Å²) < 4.78 is 0. The monoisotopic (exact) mass is 351 g/mol. The summed E-state index contributed by atoms with van der Waals surface area (Å²) in [4.78, 5) is 2.84. The Morgan fingerprint density at radius 2 is 1.72 bits per heavy atom. The number of benzene rings is 1. The Bertz CT molecular complexity index is 561. The normalized spacial score (nSPS) is 30.3. The topological polar surface area (TPSA) is 3.24 Å². The van der Waals surface area contributed by atoms with Gasteiger partial charge in [-0.1, -0.05) is 72.9 Å². The zero-order chi connectivity index (χ0) is 16.9. The van der Waals surface area contributed by atoms with E-state index in [2.05, 4.69) is 41.3 Å². The van der Waals surface area contributed by atoms with Crippen molar-refractivity contribution < 1.29 is 0 Å². The Labute approximate surface area is 156 Å². The number of hydrogen-bond donors (Lipinski definition) is 0. The molecule has 3 fully saturated rings. The fourth-order valence-electron chi connectivity index (χ4n) is 5.32. The second kappa shape index (κ2) is 8.68. The van der Waals surface area contributed by atoms with Gasteiger partial charge in [-0.2, -0.15) is 0 Å². The van der Waals surface area contributed by atoms with Crippen LogP contribution in [0, 0.1) is 11.8 Å². The van der Waals surface area contributed by atoms with Gasteiger partial charge in [-0.3, -0.25) is 4.90 Å². The highest BCUT2D eigenvalue weighted by Gasteiger charge is 2.35. The van der Waals surface area contributed by atoms with Crippen LogP contribution < -0.4 is 5.19 Å². The molecule has 0 bridgehead atoms. The Morgan fingerprint density at radius 3 is 2.56 bits per heavy atom. The predicted molar refractivity (Wildman–Crippen MR) is 109 cm³/mol. The number of rotatable bonds is 4. The van der Waals surface area contributed by atoms with Crippen LogP contribution in [0.15, 0.2) is 42.0 Å². The largest absolute Gasteiger partial charge is 0.299 e. The van der Waals surface area contributed by atoms with Crippen molar-refractivity contribution in [1.82, 2.24) is 4.90 Å². The molecule has 0 N–H and O–H groups in total. The Kier molecular flexibility index (Phi) is 6.09. The molecular formula is C23H33NSi. The van der Waals surface area contributed by atoms with E-state index in [4.69, 9.17) is 0 Å². The van der Waals surface area contributed by atoms with E-state index in [0.717, 1.165) is 27.4 Å².